The third kappa shape index (κ3) is 2.79. The summed E-state index contributed by atoms with van der Waals surface area (Å²) in [7, 11) is 0. The molecule has 4 rings (SSSR count). The van der Waals surface area contributed by atoms with Gasteiger partial charge in [0.05, 0.1) is 0 Å². The molecule has 1 aliphatic heterocycles. The number of fused-ring (bicyclic) bond motifs is 2. The first kappa shape index (κ1) is 16.2. The summed E-state index contributed by atoms with van der Waals surface area (Å²) in [5, 5.41) is 0.799. The van der Waals surface area contributed by atoms with Crippen molar-refractivity contribution in [2.45, 2.75) is 20.0 Å². The summed E-state index contributed by atoms with van der Waals surface area (Å²) in [6.45, 7) is 3.63. The summed E-state index contributed by atoms with van der Waals surface area (Å²) in [6, 6.07) is 12.0. The molecule has 0 spiro atoms. The van der Waals surface area contributed by atoms with Gasteiger partial charge in [0, 0.05) is 17.0 Å². The number of ether oxygens (including phenoxy) is 3. The fourth-order valence-corrected chi connectivity index (χ4v) is 2.92. The van der Waals surface area contributed by atoms with E-state index in [4.69, 9.17) is 18.6 Å². The molecule has 3 aromatic rings. The second-order valence-corrected chi connectivity index (χ2v) is 6.10. The van der Waals surface area contributed by atoms with Crippen LogP contribution in [0.1, 0.15) is 11.1 Å². The van der Waals surface area contributed by atoms with Crippen LogP contribution >= 0.6 is 0 Å². The first-order valence-electron chi connectivity index (χ1n) is 8.17. The summed E-state index contributed by atoms with van der Waals surface area (Å²) < 4.78 is 22.0. The fraction of sp³-hybridized carbons (Fsp3) is 0.200. The zero-order valence-electron chi connectivity index (χ0n) is 14.3. The number of rotatable bonds is 2. The van der Waals surface area contributed by atoms with Gasteiger partial charge in [0.2, 0.25) is 6.10 Å². The van der Waals surface area contributed by atoms with Crippen molar-refractivity contribution in [2.24, 2.45) is 0 Å². The van der Waals surface area contributed by atoms with E-state index < -0.39 is 17.7 Å². The van der Waals surface area contributed by atoms with E-state index in [-0.39, 0.29) is 6.61 Å². The molecule has 2 aromatic carbocycles. The molecule has 1 atom stereocenters. The molecule has 6 nitrogen and oxygen atoms in total. The van der Waals surface area contributed by atoms with Gasteiger partial charge in [-0.2, -0.15) is 0 Å². The highest BCUT2D eigenvalue weighted by Gasteiger charge is 2.29. The Labute approximate surface area is 148 Å². The van der Waals surface area contributed by atoms with E-state index in [1.165, 1.54) is 6.07 Å². The largest absolute Gasteiger partial charge is 0.485 e. The van der Waals surface area contributed by atoms with Crippen molar-refractivity contribution >= 4 is 16.9 Å². The van der Waals surface area contributed by atoms with Crippen LogP contribution in [-0.2, 0) is 4.79 Å². The minimum atomic E-state index is -0.871. The van der Waals surface area contributed by atoms with Gasteiger partial charge < -0.3 is 18.6 Å². The number of carbonyl (C=O) groups is 1. The lowest BCUT2D eigenvalue weighted by molar-refractivity contribution is -0.144. The van der Waals surface area contributed by atoms with Crippen LogP contribution in [0.15, 0.2) is 51.7 Å². The molecular formula is C20H16O6. The highest BCUT2D eigenvalue weighted by atomic mass is 16.6. The maximum Gasteiger partial charge on any atom is 0.356 e. The SMILES string of the molecule is Cc1cc(=O)oc2c(C)c(OC(=O)[C@H]3COc4ccccc4O3)ccc12. The van der Waals surface area contributed by atoms with E-state index in [9.17, 15) is 9.59 Å². The second kappa shape index (κ2) is 6.22. The average Bonchev–Trinajstić information content (AvgIpc) is 2.64. The van der Waals surface area contributed by atoms with Crippen molar-refractivity contribution in [2.75, 3.05) is 6.61 Å². The van der Waals surface area contributed by atoms with Gasteiger partial charge >= 0.3 is 11.6 Å². The molecule has 1 aliphatic rings. The number of hydrogen-bond donors (Lipinski definition) is 0. The maximum absolute atomic E-state index is 12.5. The topological polar surface area (TPSA) is 75.0 Å². The number of para-hydroxylation sites is 2. The van der Waals surface area contributed by atoms with Crippen LogP contribution in [0, 0.1) is 13.8 Å². The third-order valence-electron chi connectivity index (χ3n) is 4.30. The Morgan fingerprint density at radius 3 is 2.69 bits per heavy atom. The number of aryl methyl sites for hydroxylation is 2. The fourth-order valence-electron chi connectivity index (χ4n) is 2.92. The van der Waals surface area contributed by atoms with Crippen molar-refractivity contribution < 1.29 is 23.4 Å². The van der Waals surface area contributed by atoms with Crippen molar-refractivity contribution in [3.63, 3.8) is 0 Å². The number of esters is 1. The lowest BCUT2D eigenvalue weighted by atomic mass is 10.1. The van der Waals surface area contributed by atoms with Gasteiger partial charge in [-0.3, -0.25) is 0 Å². The van der Waals surface area contributed by atoms with Crippen LogP contribution in [0.2, 0.25) is 0 Å². The van der Waals surface area contributed by atoms with Crippen LogP contribution in [0.3, 0.4) is 0 Å². The Morgan fingerprint density at radius 1 is 1.12 bits per heavy atom. The standard InChI is InChI=1S/C20H16O6/c1-11-9-18(21)26-19-12(2)14(8-7-13(11)19)25-20(22)17-10-23-15-5-3-4-6-16(15)24-17/h3-9,17H,10H2,1-2H3/t17-/m1/s1. The van der Waals surface area contributed by atoms with E-state index in [0.717, 1.165) is 10.9 Å². The van der Waals surface area contributed by atoms with Gasteiger partial charge in [-0.25, -0.2) is 9.59 Å². The zero-order chi connectivity index (χ0) is 18.3. The average molecular weight is 352 g/mol. The van der Waals surface area contributed by atoms with E-state index in [2.05, 4.69) is 0 Å². The molecular weight excluding hydrogens is 336 g/mol. The number of carbonyl (C=O) groups excluding carboxylic acids is 1. The molecule has 0 aliphatic carbocycles. The van der Waals surface area contributed by atoms with Gasteiger partial charge in [-0.05, 0) is 43.7 Å². The van der Waals surface area contributed by atoms with Crippen molar-refractivity contribution in [3.8, 4) is 17.2 Å². The molecule has 0 bridgehead atoms. The van der Waals surface area contributed by atoms with Gasteiger partial charge in [0.25, 0.3) is 0 Å². The predicted molar refractivity (Wildman–Crippen MR) is 93.9 cm³/mol. The lowest BCUT2D eigenvalue weighted by Gasteiger charge is -2.25. The highest BCUT2D eigenvalue weighted by Crippen LogP contribution is 2.32. The summed E-state index contributed by atoms with van der Waals surface area (Å²) in [6.07, 6.45) is -0.871. The molecule has 0 saturated heterocycles. The minimum Gasteiger partial charge on any atom is -0.485 e. The van der Waals surface area contributed by atoms with Gasteiger partial charge in [0.1, 0.15) is 17.9 Å². The van der Waals surface area contributed by atoms with Crippen LogP contribution in [0.5, 0.6) is 17.2 Å². The highest BCUT2D eigenvalue weighted by molar-refractivity contribution is 5.86. The molecule has 0 fully saturated rings. The van der Waals surface area contributed by atoms with Crippen LogP contribution in [0.4, 0.5) is 0 Å². The van der Waals surface area contributed by atoms with Crippen LogP contribution in [-0.4, -0.2) is 18.7 Å². The minimum absolute atomic E-state index is 0.0661. The van der Waals surface area contributed by atoms with Crippen molar-refractivity contribution in [1.82, 2.24) is 0 Å². The van der Waals surface area contributed by atoms with Gasteiger partial charge in [0.15, 0.2) is 11.5 Å². The smallest absolute Gasteiger partial charge is 0.356 e. The predicted octanol–water partition coefficient (Wildman–Crippen LogP) is 3.16. The zero-order valence-corrected chi connectivity index (χ0v) is 14.3. The third-order valence-corrected chi connectivity index (χ3v) is 4.30. The Kier molecular flexibility index (Phi) is 3.88. The van der Waals surface area contributed by atoms with E-state index in [0.29, 0.717) is 28.4 Å². The Hall–Kier alpha value is -3.28. The monoisotopic (exact) mass is 352 g/mol. The normalized spacial score (nSPS) is 15.7. The molecule has 0 N–H and O–H groups in total. The van der Waals surface area contributed by atoms with E-state index in [1.807, 2.05) is 13.0 Å². The summed E-state index contributed by atoms with van der Waals surface area (Å²) in [4.78, 5) is 24.1. The van der Waals surface area contributed by atoms with E-state index >= 15 is 0 Å². The summed E-state index contributed by atoms with van der Waals surface area (Å²) in [5.74, 6) is 0.837. The Balaban J connectivity index is 1.61. The van der Waals surface area contributed by atoms with Crippen LogP contribution < -0.4 is 19.8 Å². The Bertz CT molecular complexity index is 1070. The van der Waals surface area contributed by atoms with Crippen LogP contribution in [0.25, 0.3) is 11.0 Å². The van der Waals surface area contributed by atoms with Crippen molar-refractivity contribution in [1.29, 1.82) is 0 Å². The molecule has 26 heavy (non-hydrogen) atoms. The molecule has 132 valence electrons. The first-order chi connectivity index (χ1) is 12.5. The molecule has 6 heteroatoms. The van der Waals surface area contributed by atoms with E-state index in [1.54, 1.807) is 37.3 Å². The maximum atomic E-state index is 12.5. The number of benzene rings is 2. The molecule has 2 heterocycles. The van der Waals surface area contributed by atoms with Gasteiger partial charge in [-0.1, -0.05) is 12.1 Å². The Morgan fingerprint density at radius 2 is 1.88 bits per heavy atom. The quantitative estimate of drug-likeness (QED) is 0.401. The van der Waals surface area contributed by atoms with Gasteiger partial charge in [-0.15, -0.1) is 0 Å². The van der Waals surface area contributed by atoms with Crippen molar-refractivity contribution in [3.05, 3.63) is 64.0 Å². The molecule has 1 aromatic heterocycles. The lowest BCUT2D eigenvalue weighted by Crippen LogP contribution is -2.39. The molecule has 0 radical (unpaired) electrons. The number of hydrogen-bond acceptors (Lipinski definition) is 6. The summed E-state index contributed by atoms with van der Waals surface area (Å²) in [5.41, 5.74) is 1.35. The second-order valence-electron chi connectivity index (χ2n) is 6.10. The first-order valence-corrected chi connectivity index (χ1v) is 8.17. The molecule has 0 unspecified atom stereocenters. The molecule has 0 amide bonds. The molecule has 0 saturated carbocycles. The summed E-state index contributed by atoms with van der Waals surface area (Å²) >= 11 is 0.